The Labute approximate surface area is 138 Å². The molecule has 0 aliphatic carbocycles. The summed E-state index contributed by atoms with van der Waals surface area (Å²) in [6.45, 7) is -0.329. The molecule has 0 saturated carbocycles. The van der Waals surface area contributed by atoms with Gasteiger partial charge in [-0.3, -0.25) is 4.98 Å². The average molecular weight is 346 g/mol. The quantitative estimate of drug-likeness (QED) is 0.743. The van der Waals surface area contributed by atoms with Crippen LogP contribution in [0.15, 0.2) is 65.8 Å². The molecule has 1 aromatic heterocycles. The normalized spacial score (nSPS) is 13.1. The highest BCUT2D eigenvalue weighted by molar-refractivity contribution is 7.89. The van der Waals surface area contributed by atoms with Crippen LogP contribution in [0, 0.1) is 5.82 Å². The Hall–Kier alpha value is -2.35. The molecule has 0 saturated heterocycles. The number of halogens is 1. The summed E-state index contributed by atoms with van der Waals surface area (Å²) in [5.74, 6) is -0.583. The highest BCUT2D eigenvalue weighted by Crippen LogP contribution is 2.22. The van der Waals surface area contributed by atoms with Crippen LogP contribution in [0.2, 0.25) is 0 Å². The third-order valence-electron chi connectivity index (χ3n) is 3.66. The maximum absolute atomic E-state index is 13.6. The lowest BCUT2D eigenvalue weighted by Gasteiger charge is -2.14. The van der Waals surface area contributed by atoms with Crippen LogP contribution in [0.5, 0.6) is 0 Å². The number of nitrogens with one attached hydrogen (secondary N) is 1. The fourth-order valence-corrected chi connectivity index (χ4v) is 3.71. The number of hydrogen-bond acceptors (Lipinski definition) is 4. The van der Waals surface area contributed by atoms with Crippen molar-refractivity contribution >= 4 is 20.8 Å². The van der Waals surface area contributed by atoms with Crippen molar-refractivity contribution in [3.63, 3.8) is 0 Å². The molecular formula is C17H15FN2O3S. The minimum absolute atomic E-state index is 0.0438. The van der Waals surface area contributed by atoms with E-state index in [4.69, 9.17) is 0 Å². The third kappa shape index (κ3) is 3.28. The van der Waals surface area contributed by atoms with Gasteiger partial charge in [0.1, 0.15) is 5.82 Å². The molecule has 24 heavy (non-hydrogen) atoms. The molecule has 1 heterocycles. The van der Waals surface area contributed by atoms with E-state index >= 15 is 0 Å². The first-order valence-corrected chi connectivity index (χ1v) is 8.72. The molecule has 0 bridgehead atoms. The van der Waals surface area contributed by atoms with Gasteiger partial charge in [0.15, 0.2) is 0 Å². The van der Waals surface area contributed by atoms with Crippen molar-refractivity contribution in [2.75, 3.05) is 6.54 Å². The van der Waals surface area contributed by atoms with E-state index in [-0.39, 0.29) is 17.0 Å². The first-order chi connectivity index (χ1) is 11.5. The van der Waals surface area contributed by atoms with E-state index in [0.717, 1.165) is 0 Å². The molecule has 0 fully saturated rings. The molecule has 0 aliphatic heterocycles. The topological polar surface area (TPSA) is 79.3 Å². The number of fused-ring (bicyclic) bond motifs is 1. The van der Waals surface area contributed by atoms with Crippen molar-refractivity contribution in [3.8, 4) is 0 Å². The Morgan fingerprint density at radius 2 is 1.92 bits per heavy atom. The van der Waals surface area contributed by atoms with Gasteiger partial charge in [0, 0.05) is 35.3 Å². The number of sulfonamides is 1. The van der Waals surface area contributed by atoms with Crippen LogP contribution in [0.3, 0.4) is 0 Å². The summed E-state index contributed by atoms with van der Waals surface area (Å²) in [6, 6.07) is 12.2. The van der Waals surface area contributed by atoms with Gasteiger partial charge in [-0.2, -0.15) is 0 Å². The zero-order chi connectivity index (χ0) is 17.2. The lowest BCUT2D eigenvalue weighted by Crippen LogP contribution is -2.29. The fraction of sp³-hybridized carbons (Fsp3) is 0.118. The van der Waals surface area contributed by atoms with Crippen LogP contribution in [-0.2, 0) is 10.0 Å². The second-order valence-corrected chi connectivity index (χ2v) is 6.98. The molecule has 0 amide bonds. The van der Waals surface area contributed by atoms with Crippen molar-refractivity contribution in [1.82, 2.24) is 9.71 Å². The lowest BCUT2D eigenvalue weighted by molar-refractivity contribution is 0.177. The number of pyridine rings is 1. The summed E-state index contributed by atoms with van der Waals surface area (Å²) < 4.78 is 41.0. The van der Waals surface area contributed by atoms with Gasteiger partial charge < -0.3 is 5.11 Å². The number of aromatic nitrogens is 1. The number of nitrogens with zero attached hydrogens (tertiary/aromatic N) is 1. The molecule has 7 heteroatoms. The molecule has 124 valence electrons. The van der Waals surface area contributed by atoms with E-state index in [1.807, 2.05) is 0 Å². The van der Waals surface area contributed by atoms with Gasteiger partial charge in [-0.15, -0.1) is 0 Å². The average Bonchev–Trinajstić information content (AvgIpc) is 2.59. The van der Waals surface area contributed by atoms with Gasteiger partial charge in [0.25, 0.3) is 0 Å². The predicted molar refractivity (Wildman–Crippen MR) is 88.3 cm³/mol. The van der Waals surface area contributed by atoms with Crippen molar-refractivity contribution in [1.29, 1.82) is 0 Å². The monoisotopic (exact) mass is 346 g/mol. The minimum Gasteiger partial charge on any atom is -0.387 e. The summed E-state index contributed by atoms with van der Waals surface area (Å²) >= 11 is 0. The first kappa shape index (κ1) is 16.5. The second-order valence-electron chi connectivity index (χ2n) is 5.24. The van der Waals surface area contributed by atoms with E-state index < -0.39 is 21.9 Å². The second kappa shape index (κ2) is 6.64. The van der Waals surface area contributed by atoms with E-state index in [0.29, 0.717) is 10.8 Å². The summed E-state index contributed by atoms with van der Waals surface area (Å²) in [5.41, 5.74) is 0.0438. The number of benzene rings is 2. The van der Waals surface area contributed by atoms with Crippen LogP contribution in [0.4, 0.5) is 4.39 Å². The van der Waals surface area contributed by atoms with Crippen LogP contribution < -0.4 is 4.72 Å². The zero-order valence-corrected chi connectivity index (χ0v) is 13.4. The van der Waals surface area contributed by atoms with E-state index in [1.54, 1.807) is 30.5 Å². The summed E-state index contributed by atoms with van der Waals surface area (Å²) in [4.78, 5) is 4.05. The molecular weight excluding hydrogens is 331 g/mol. The van der Waals surface area contributed by atoms with Gasteiger partial charge >= 0.3 is 0 Å². The Kier molecular flexibility index (Phi) is 4.57. The van der Waals surface area contributed by atoms with E-state index in [2.05, 4.69) is 9.71 Å². The van der Waals surface area contributed by atoms with Crippen molar-refractivity contribution in [2.45, 2.75) is 11.0 Å². The van der Waals surface area contributed by atoms with Crippen molar-refractivity contribution < 1.29 is 17.9 Å². The maximum Gasteiger partial charge on any atom is 0.241 e. The lowest BCUT2D eigenvalue weighted by atomic mass is 10.1. The van der Waals surface area contributed by atoms with E-state index in [9.17, 15) is 17.9 Å². The van der Waals surface area contributed by atoms with Crippen LogP contribution in [-0.4, -0.2) is 25.1 Å². The smallest absolute Gasteiger partial charge is 0.241 e. The Morgan fingerprint density at radius 3 is 2.71 bits per heavy atom. The molecule has 1 unspecified atom stereocenters. The van der Waals surface area contributed by atoms with Gasteiger partial charge in [-0.1, -0.05) is 30.3 Å². The fourth-order valence-electron chi connectivity index (χ4n) is 2.45. The zero-order valence-electron chi connectivity index (χ0n) is 12.6. The largest absolute Gasteiger partial charge is 0.387 e. The predicted octanol–water partition coefficient (Wildman–Crippen LogP) is 2.39. The molecule has 3 aromatic rings. The molecule has 0 radical (unpaired) electrons. The molecule has 3 rings (SSSR count). The first-order valence-electron chi connectivity index (χ1n) is 7.24. The molecule has 2 aromatic carbocycles. The van der Waals surface area contributed by atoms with Gasteiger partial charge in [-0.25, -0.2) is 17.5 Å². The molecule has 0 aliphatic rings. The van der Waals surface area contributed by atoms with Gasteiger partial charge in [0.05, 0.1) is 11.0 Å². The Morgan fingerprint density at radius 1 is 1.12 bits per heavy atom. The Bertz CT molecular complexity index is 971. The number of hydrogen-bond donors (Lipinski definition) is 2. The van der Waals surface area contributed by atoms with Crippen molar-refractivity contribution in [2.24, 2.45) is 0 Å². The van der Waals surface area contributed by atoms with Gasteiger partial charge in [0.2, 0.25) is 10.0 Å². The van der Waals surface area contributed by atoms with Gasteiger partial charge in [-0.05, 0) is 18.2 Å². The van der Waals surface area contributed by atoms with Crippen molar-refractivity contribution in [3.05, 3.63) is 72.3 Å². The summed E-state index contributed by atoms with van der Waals surface area (Å²) in [7, 11) is -3.86. The molecule has 5 nitrogen and oxygen atoms in total. The molecule has 2 N–H and O–H groups in total. The van der Waals surface area contributed by atoms with Crippen LogP contribution >= 0.6 is 0 Å². The number of aliphatic hydroxyl groups excluding tert-OH is 1. The number of aliphatic hydroxyl groups is 1. The minimum atomic E-state index is -3.86. The highest BCUT2D eigenvalue weighted by Gasteiger charge is 2.20. The number of rotatable bonds is 5. The third-order valence-corrected chi connectivity index (χ3v) is 5.14. The standard InChI is InChI=1S/C17H15FN2O3S/c18-15-6-2-1-5-14(15)16(21)11-20-24(22,23)17-7-3-4-12-10-19-9-8-13(12)17/h1-10,16,20-21H,11H2. The highest BCUT2D eigenvalue weighted by atomic mass is 32.2. The summed E-state index contributed by atoms with van der Waals surface area (Å²) in [6.07, 6.45) is 1.80. The molecule has 0 spiro atoms. The Balaban J connectivity index is 1.85. The maximum atomic E-state index is 13.6. The van der Waals surface area contributed by atoms with Crippen LogP contribution in [0.25, 0.3) is 10.8 Å². The van der Waals surface area contributed by atoms with Crippen LogP contribution in [0.1, 0.15) is 11.7 Å². The SMILES string of the molecule is O=S(=O)(NCC(O)c1ccccc1F)c1cccc2cnccc12. The summed E-state index contributed by atoms with van der Waals surface area (Å²) in [5, 5.41) is 11.3. The van der Waals surface area contributed by atoms with E-state index in [1.165, 1.54) is 30.5 Å². The molecule has 1 atom stereocenters.